The molecule has 0 radical (unpaired) electrons. The molecule has 1 atom stereocenters. The molecular weight excluding hydrogens is 451 g/mol. The fourth-order valence-electron chi connectivity index (χ4n) is 4.19. The summed E-state index contributed by atoms with van der Waals surface area (Å²) >= 11 is 12.4. The summed E-state index contributed by atoms with van der Waals surface area (Å²) in [5, 5.41) is 12.0. The van der Waals surface area contributed by atoms with Crippen LogP contribution in [0.25, 0.3) is 16.3 Å². The van der Waals surface area contributed by atoms with Gasteiger partial charge < -0.3 is 5.32 Å². The van der Waals surface area contributed by atoms with E-state index in [1.165, 1.54) is 23.3 Å². The molecule has 4 aromatic rings. The van der Waals surface area contributed by atoms with Gasteiger partial charge in [-0.2, -0.15) is 10.2 Å². The van der Waals surface area contributed by atoms with Gasteiger partial charge in [0.15, 0.2) is 16.6 Å². The average molecular weight is 467 g/mol. The van der Waals surface area contributed by atoms with E-state index in [2.05, 4.69) is 44.2 Å². The van der Waals surface area contributed by atoms with Crippen LogP contribution in [-0.2, 0) is 10.2 Å². The second-order valence-electron chi connectivity index (χ2n) is 8.21. The first-order valence-electron chi connectivity index (χ1n) is 9.70. The van der Waals surface area contributed by atoms with Gasteiger partial charge in [-0.1, -0.05) is 37.0 Å². The van der Waals surface area contributed by atoms with Crippen LogP contribution in [0.2, 0.25) is 10.2 Å². The van der Waals surface area contributed by atoms with Crippen LogP contribution in [0.1, 0.15) is 37.4 Å². The zero-order valence-electron chi connectivity index (χ0n) is 17.0. The van der Waals surface area contributed by atoms with Crippen LogP contribution in [0, 0.1) is 6.57 Å². The number of aromatic nitrogens is 6. The van der Waals surface area contributed by atoms with E-state index in [1.54, 1.807) is 22.8 Å². The molecule has 1 aliphatic rings. The molecule has 1 aliphatic carbocycles. The topological polar surface area (TPSA) is 94.4 Å². The Hall–Kier alpha value is -3.48. The van der Waals surface area contributed by atoms with Crippen LogP contribution in [0.3, 0.4) is 0 Å². The summed E-state index contributed by atoms with van der Waals surface area (Å²) in [7, 11) is 0. The highest BCUT2D eigenvalue weighted by molar-refractivity contribution is 6.32. The molecule has 0 saturated heterocycles. The molecule has 0 unspecified atom stereocenters. The zero-order valence-corrected chi connectivity index (χ0v) is 18.6. The summed E-state index contributed by atoms with van der Waals surface area (Å²) in [4.78, 5) is 25.2. The van der Waals surface area contributed by atoms with Crippen molar-refractivity contribution in [2.75, 3.05) is 5.32 Å². The summed E-state index contributed by atoms with van der Waals surface area (Å²) in [6.07, 6.45) is 6.79. The molecule has 0 saturated carbocycles. The van der Waals surface area contributed by atoms with Gasteiger partial charge in [-0.05, 0) is 12.5 Å². The average Bonchev–Trinajstić information content (AvgIpc) is 3.42. The third kappa shape index (κ3) is 3.28. The maximum atomic E-state index is 13.2. The van der Waals surface area contributed by atoms with Crippen LogP contribution < -0.4 is 5.32 Å². The van der Waals surface area contributed by atoms with Crippen molar-refractivity contribution in [2.24, 2.45) is 0 Å². The van der Waals surface area contributed by atoms with E-state index in [9.17, 15) is 4.79 Å². The van der Waals surface area contributed by atoms with Gasteiger partial charge in [0.25, 0.3) is 0 Å². The standard InChI is InChI=1S/C21H16Cl2N8O/c1-21(2)6-13(14-9-25-17-5-16(23)29-31(17)18(14)21)20(32)28-11-4-15(22)19(26-7-11)30-10-12(24-3)8-27-30/h4-5,7-10,13H,6H2,1-2H3,(H,28,32)/t13-/m1/s1. The number of nitrogens with zero attached hydrogens (tertiary/aromatic N) is 7. The predicted octanol–water partition coefficient (Wildman–Crippen LogP) is 4.57. The third-order valence-electron chi connectivity index (χ3n) is 5.53. The van der Waals surface area contributed by atoms with Crippen molar-refractivity contribution in [3.8, 4) is 5.82 Å². The lowest BCUT2D eigenvalue weighted by Gasteiger charge is -2.19. The van der Waals surface area contributed by atoms with Gasteiger partial charge >= 0.3 is 0 Å². The maximum absolute atomic E-state index is 13.2. The minimum atomic E-state index is -0.411. The number of halogens is 2. The van der Waals surface area contributed by atoms with Crippen molar-refractivity contribution in [2.45, 2.75) is 31.6 Å². The predicted molar refractivity (Wildman–Crippen MR) is 120 cm³/mol. The number of fused-ring (bicyclic) bond motifs is 3. The summed E-state index contributed by atoms with van der Waals surface area (Å²) in [5.74, 6) is -0.226. The number of carbonyl (C=O) groups excluding carboxylic acids is 1. The fourth-order valence-corrected chi connectivity index (χ4v) is 4.61. The normalized spacial score (nSPS) is 16.7. The van der Waals surface area contributed by atoms with Crippen LogP contribution in [-0.4, -0.2) is 35.3 Å². The molecule has 4 aromatic heterocycles. The molecule has 11 heteroatoms. The van der Waals surface area contributed by atoms with Gasteiger partial charge in [0.2, 0.25) is 11.6 Å². The first-order valence-corrected chi connectivity index (χ1v) is 10.5. The first kappa shape index (κ1) is 20.4. The Bertz CT molecular complexity index is 1430. The fraction of sp³-hybridized carbons (Fsp3) is 0.238. The zero-order chi connectivity index (χ0) is 22.6. The Morgan fingerprint density at radius 2 is 2.06 bits per heavy atom. The summed E-state index contributed by atoms with van der Waals surface area (Å²) in [6.45, 7) is 11.2. The molecule has 1 N–H and O–H groups in total. The smallest absolute Gasteiger partial charge is 0.232 e. The number of carbonyl (C=O) groups is 1. The first-order chi connectivity index (χ1) is 15.3. The molecule has 0 bridgehead atoms. The minimum Gasteiger partial charge on any atom is -0.324 e. The van der Waals surface area contributed by atoms with Crippen molar-refractivity contribution < 1.29 is 4.79 Å². The van der Waals surface area contributed by atoms with E-state index in [0.717, 1.165) is 11.3 Å². The highest BCUT2D eigenvalue weighted by atomic mass is 35.5. The third-order valence-corrected chi connectivity index (χ3v) is 6.00. The van der Waals surface area contributed by atoms with Crippen molar-refractivity contribution in [3.05, 3.63) is 69.8 Å². The molecule has 4 heterocycles. The molecule has 32 heavy (non-hydrogen) atoms. The molecule has 1 amide bonds. The minimum absolute atomic E-state index is 0.184. The van der Waals surface area contributed by atoms with Gasteiger partial charge in [-0.3, -0.25) is 4.79 Å². The van der Waals surface area contributed by atoms with Crippen molar-refractivity contribution in [3.63, 3.8) is 0 Å². The molecule has 0 spiro atoms. The number of hydrogen-bond donors (Lipinski definition) is 1. The molecular formula is C21H16Cl2N8O. The molecule has 5 rings (SSSR count). The number of pyridine rings is 1. The Morgan fingerprint density at radius 1 is 1.25 bits per heavy atom. The molecule has 0 aromatic carbocycles. The highest BCUT2D eigenvalue weighted by Gasteiger charge is 2.43. The van der Waals surface area contributed by atoms with E-state index in [1.807, 2.05) is 0 Å². The van der Waals surface area contributed by atoms with Gasteiger partial charge in [0.05, 0.1) is 41.3 Å². The Morgan fingerprint density at radius 3 is 2.78 bits per heavy atom. The second-order valence-corrected chi connectivity index (χ2v) is 9.01. The molecule has 160 valence electrons. The van der Waals surface area contributed by atoms with Crippen molar-refractivity contribution in [1.82, 2.24) is 29.4 Å². The van der Waals surface area contributed by atoms with Crippen LogP contribution in [0.15, 0.2) is 36.9 Å². The van der Waals surface area contributed by atoms with E-state index in [-0.39, 0.29) is 11.3 Å². The van der Waals surface area contributed by atoms with E-state index < -0.39 is 5.92 Å². The Labute approximate surface area is 192 Å². The SMILES string of the molecule is [C-]#[N+]c1cnn(-c2ncc(NC(=O)[C@@H]3CC(C)(C)c4c3cnc3cc(Cl)nn43)cc2Cl)c1. The summed E-state index contributed by atoms with van der Waals surface area (Å²) < 4.78 is 3.14. The summed E-state index contributed by atoms with van der Waals surface area (Å²) in [6, 6.07) is 3.30. The highest BCUT2D eigenvalue weighted by Crippen LogP contribution is 2.46. The van der Waals surface area contributed by atoms with Crippen molar-refractivity contribution >= 4 is 46.1 Å². The van der Waals surface area contributed by atoms with Crippen LogP contribution in [0.4, 0.5) is 11.4 Å². The maximum Gasteiger partial charge on any atom is 0.232 e. The number of amides is 1. The molecule has 9 nitrogen and oxygen atoms in total. The molecule has 0 aliphatic heterocycles. The lowest BCUT2D eigenvalue weighted by atomic mass is 9.88. The van der Waals surface area contributed by atoms with E-state index >= 15 is 0 Å². The van der Waals surface area contributed by atoms with Crippen molar-refractivity contribution in [1.29, 1.82) is 0 Å². The monoisotopic (exact) mass is 466 g/mol. The quantitative estimate of drug-likeness (QED) is 0.446. The number of rotatable bonds is 3. The number of hydrogen-bond acceptors (Lipinski definition) is 5. The Kier molecular flexibility index (Phi) is 4.65. The van der Waals surface area contributed by atoms with Gasteiger partial charge in [-0.15, -0.1) is 0 Å². The van der Waals surface area contributed by atoms with Gasteiger partial charge in [0.1, 0.15) is 0 Å². The van der Waals surface area contributed by atoms with Gasteiger partial charge in [0, 0.05) is 29.4 Å². The molecule has 0 fully saturated rings. The lowest BCUT2D eigenvalue weighted by Crippen LogP contribution is -2.21. The van der Waals surface area contributed by atoms with Gasteiger partial charge in [-0.25, -0.2) is 24.0 Å². The lowest BCUT2D eigenvalue weighted by molar-refractivity contribution is -0.117. The van der Waals surface area contributed by atoms with Crippen LogP contribution >= 0.6 is 23.2 Å². The Balaban J connectivity index is 1.43. The number of nitrogens with one attached hydrogen (secondary N) is 1. The second kappa shape index (κ2) is 7.29. The van der Waals surface area contributed by atoms with Crippen LogP contribution in [0.5, 0.6) is 0 Å². The largest absolute Gasteiger partial charge is 0.324 e. The van der Waals surface area contributed by atoms with E-state index in [0.29, 0.717) is 39.4 Å². The number of anilines is 1. The van der Waals surface area contributed by atoms with E-state index in [4.69, 9.17) is 29.8 Å². The summed E-state index contributed by atoms with van der Waals surface area (Å²) in [5.41, 5.74) is 2.94.